The molecule has 1 aromatic carbocycles. The molecule has 0 bridgehead atoms. The minimum atomic E-state index is -0.206. The lowest BCUT2D eigenvalue weighted by molar-refractivity contribution is -0.118. The number of hydrogen-bond acceptors (Lipinski definition) is 7. The zero-order chi connectivity index (χ0) is 21.5. The van der Waals surface area contributed by atoms with Crippen molar-refractivity contribution < 1.29 is 14.3 Å². The van der Waals surface area contributed by atoms with Gasteiger partial charge in [0.2, 0.25) is 11.7 Å². The highest BCUT2D eigenvalue weighted by Gasteiger charge is 2.13. The van der Waals surface area contributed by atoms with E-state index < -0.39 is 0 Å². The third kappa shape index (κ3) is 5.12. The predicted molar refractivity (Wildman–Crippen MR) is 115 cm³/mol. The van der Waals surface area contributed by atoms with Gasteiger partial charge in [-0.25, -0.2) is 0 Å². The summed E-state index contributed by atoms with van der Waals surface area (Å²) in [5.41, 5.74) is 1.66. The van der Waals surface area contributed by atoms with E-state index in [9.17, 15) is 9.59 Å². The lowest BCUT2D eigenvalue weighted by atomic mass is 10.1. The number of aromatic nitrogens is 4. The highest BCUT2D eigenvalue weighted by molar-refractivity contribution is 7.99. The van der Waals surface area contributed by atoms with Crippen molar-refractivity contribution in [3.63, 3.8) is 0 Å². The highest BCUT2D eigenvalue weighted by atomic mass is 32.2. The van der Waals surface area contributed by atoms with E-state index in [2.05, 4.69) is 20.5 Å². The van der Waals surface area contributed by atoms with Gasteiger partial charge < -0.3 is 14.8 Å². The summed E-state index contributed by atoms with van der Waals surface area (Å²) >= 11 is 1.29. The standard InChI is InChI=1S/C20H25N5O4S/c1-4-5-14-11-17(26)22-19-23-24-20(25(14)19)30-12-18(27)21-9-8-13-6-7-15(28-2)16(10-13)29-3/h6-7,10-11H,4-5,8-9,12H2,1-3H3,(H,21,27)(H,22,23,26). The van der Waals surface area contributed by atoms with Crippen molar-refractivity contribution in [1.82, 2.24) is 24.9 Å². The van der Waals surface area contributed by atoms with Gasteiger partial charge in [-0.3, -0.25) is 19.0 Å². The molecule has 10 heteroatoms. The smallest absolute Gasteiger partial charge is 0.252 e. The molecular formula is C20H25N5O4S. The van der Waals surface area contributed by atoms with Gasteiger partial charge in [-0.2, -0.15) is 0 Å². The molecule has 9 nitrogen and oxygen atoms in total. The van der Waals surface area contributed by atoms with Crippen molar-refractivity contribution in [2.45, 2.75) is 31.3 Å². The number of ether oxygens (including phenoxy) is 2. The van der Waals surface area contributed by atoms with Gasteiger partial charge in [-0.1, -0.05) is 31.2 Å². The van der Waals surface area contributed by atoms with Crippen LogP contribution in [0.4, 0.5) is 0 Å². The van der Waals surface area contributed by atoms with E-state index in [1.807, 2.05) is 25.1 Å². The zero-order valence-electron chi connectivity index (χ0n) is 17.2. The molecule has 30 heavy (non-hydrogen) atoms. The number of aryl methyl sites for hydroxylation is 1. The molecule has 0 unspecified atom stereocenters. The monoisotopic (exact) mass is 431 g/mol. The van der Waals surface area contributed by atoms with Gasteiger partial charge in [0.15, 0.2) is 16.7 Å². The van der Waals surface area contributed by atoms with Gasteiger partial charge in [0.1, 0.15) is 0 Å². The Kier molecular flexibility index (Phi) is 7.34. The Morgan fingerprint density at radius 1 is 1.17 bits per heavy atom. The second kappa shape index (κ2) is 10.1. The summed E-state index contributed by atoms with van der Waals surface area (Å²) in [5, 5.41) is 11.6. The number of benzene rings is 1. The molecule has 2 N–H and O–H groups in total. The summed E-state index contributed by atoms with van der Waals surface area (Å²) < 4.78 is 12.3. The third-order valence-corrected chi connectivity index (χ3v) is 5.40. The van der Waals surface area contributed by atoms with Crippen LogP contribution in [0.3, 0.4) is 0 Å². The molecule has 0 spiro atoms. The van der Waals surface area contributed by atoms with E-state index in [-0.39, 0.29) is 17.2 Å². The number of aromatic amines is 1. The molecule has 0 saturated heterocycles. The number of fused-ring (bicyclic) bond motifs is 1. The molecule has 2 heterocycles. The first kappa shape index (κ1) is 21.7. The molecule has 0 aliphatic rings. The number of amides is 1. The number of thioether (sulfide) groups is 1. The molecule has 1 amide bonds. The van der Waals surface area contributed by atoms with Gasteiger partial charge in [0, 0.05) is 18.3 Å². The van der Waals surface area contributed by atoms with E-state index in [0.29, 0.717) is 35.4 Å². The quantitative estimate of drug-likeness (QED) is 0.471. The summed E-state index contributed by atoms with van der Waals surface area (Å²) in [6.07, 6.45) is 2.29. The summed E-state index contributed by atoms with van der Waals surface area (Å²) in [6, 6.07) is 7.24. The Bertz CT molecular complexity index is 1080. The van der Waals surface area contributed by atoms with Gasteiger partial charge in [0.25, 0.3) is 5.56 Å². The van der Waals surface area contributed by atoms with Crippen LogP contribution in [-0.2, 0) is 17.6 Å². The SMILES string of the molecule is CCCc1cc(=O)[nH]c2nnc(SCC(=O)NCCc3ccc(OC)c(OC)c3)n12. The minimum absolute atomic E-state index is 0.0984. The lowest BCUT2D eigenvalue weighted by Gasteiger charge is -2.10. The zero-order valence-corrected chi connectivity index (χ0v) is 18.0. The summed E-state index contributed by atoms with van der Waals surface area (Å²) in [7, 11) is 3.19. The third-order valence-electron chi connectivity index (χ3n) is 4.48. The first-order chi connectivity index (χ1) is 14.5. The van der Waals surface area contributed by atoms with Crippen LogP contribution in [0.1, 0.15) is 24.6 Å². The fourth-order valence-corrected chi connectivity index (χ4v) is 3.86. The minimum Gasteiger partial charge on any atom is -0.493 e. The predicted octanol–water partition coefficient (Wildman–Crippen LogP) is 1.84. The first-order valence-electron chi connectivity index (χ1n) is 9.63. The number of carbonyl (C=O) groups excluding carboxylic acids is 1. The fraction of sp³-hybridized carbons (Fsp3) is 0.400. The Balaban J connectivity index is 1.56. The van der Waals surface area contributed by atoms with Crippen LogP contribution in [0.15, 0.2) is 34.2 Å². The van der Waals surface area contributed by atoms with Crippen LogP contribution < -0.4 is 20.3 Å². The van der Waals surface area contributed by atoms with Crippen molar-refractivity contribution in [3.8, 4) is 11.5 Å². The van der Waals surface area contributed by atoms with Crippen LogP contribution in [0, 0.1) is 0 Å². The number of carbonyl (C=O) groups is 1. The van der Waals surface area contributed by atoms with Crippen LogP contribution in [-0.4, -0.2) is 52.0 Å². The molecule has 0 aliphatic carbocycles. The van der Waals surface area contributed by atoms with Gasteiger partial charge in [-0.15, -0.1) is 10.2 Å². The Morgan fingerprint density at radius 2 is 1.97 bits per heavy atom. The van der Waals surface area contributed by atoms with Gasteiger partial charge in [-0.05, 0) is 30.5 Å². The van der Waals surface area contributed by atoms with Crippen LogP contribution in [0.25, 0.3) is 5.78 Å². The first-order valence-corrected chi connectivity index (χ1v) is 10.6. The second-order valence-electron chi connectivity index (χ2n) is 6.59. The number of nitrogens with one attached hydrogen (secondary N) is 2. The largest absolute Gasteiger partial charge is 0.493 e. The maximum Gasteiger partial charge on any atom is 0.252 e. The van der Waals surface area contributed by atoms with Crippen molar-refractivity contribution in [1.29, 1.82) is 0 Å². The van der Waals surface area contributed by atoms with Gasteiger partial charge in [0.05, 0.1) is 20.0 Å². The molecule has 2 aromatic heterocycles. The number of methoxy groups -OCH3 is 2. The van der Waals surface area contributed by atoms with E-state index in [0.717, 1.165) is 24.1 Å². The summed E-state index contributed by atoms with van der Waals surface area (Å²) in [6.45, 7) is 2.54. The van der Waals surface area contributed by atoms with Gasteiger partial charge >= 0.3 is 0 Å². The van der Waals surface area contributed by atoms with Crippen molar-refractivity contribution in [2.75, 3.05) is 26.5 Å². The second-order valence-corrected chi connectivity index (χ2v) is 7.54. The average molecular weight is 432 g/mol. The highest BCUT2D eigenvalue weighted by Crippen LogP contribution is 2.27. The van der Waals surface area contributed by atoms with Crippen molar-refractivity contribution >= 4 is 23.4 Å². The molecule has 0 radical (unpaired) electrons. The van der Waals surface area contributed by atoms with E-state index in [4.69, 9.17) is 9.47 Å². The number of hydrogen-bond donors (Lipinski definition) is 2. The Labute approximate surface area is 178 Å². The molecule has 3 aromatic rings. The van der Waals surface area contributed by atoms with Crippen molar-refractivity contribution in [3.05, 3.63) is 45.9 Å². The maximum atomic E-state index is 12.3. The normalized spacial score (nSPS) is 10.9. The maximum absolute atomic E-state index is 12.3. The summed E-state index contributed by atoms with van der Waals surface area (Å²) in [5.74, 6) is 1.83. The molecule has 0 fully saturated rings. The molecule has 3 rings (SSSR count). The molecule has 0 saturated carbocycles. The van der Waals surface area contributed by atoms with Crippen LogP contribution in [0.2, 0.25) is 0 Å². The Hall–Kier alpha value is -3.01. The molecule has 0 aliphatic heterocycles. The Morgan fingerprint density at radius 3 is 2.70 bits per heavy atom. The van der Waals surface area contributed by atoms with E-state index in [1.54, 1.807) is 24.7 Å². The van der Waals surface area contributed by atoms with Crippen molar-refractivity contribution in [2.24, 2.45) is 0 Å². The number of H-pyrrole nitrogens is 1. The van der Waals surface area contributed by atoms with E-state index in [1.165, 1.54) is 11.8 Å². The fourth-order valence-electron chi connectivity index (χ4n) is 3.07. The molecular weight excluding hydrogens is 406 g/mol. The number of nitrogens with zero attached hydrogens (tertiary/aromatic N) is 3. The van der Waals surface area contributed by atoms with Crippen LogP contribution in [0.5, 0.6) is 11.5 Å². The molecule has 160 valence electrons. The molecule has 0 atom stereocenters. The number of rotatable bonds is 10. The average Bonchev–Trinajstić information content (AvgIpc) is 3.15. The van der Waals surface area contributed by atoms with Crippen LogP contribution >= 0.6 is 11.8 Å². The topological polar surface area (TPSA) is 111 Å². The summed E-state index contributed by atoms with van der Waals surface area (Å²) in [4.78, 5) is 26.7. The lowest BCUT2D eigenvalue weighted by Crippen LogP contribution is -2.27. The van der Waals surface area contributed by atoms with E-state index >= 15 is 0 Å².